The molecule has 0 saturated heterocycles. The first-order valence-electron chi connectivity index (χ1n) is 20.3. The highest BCUT2D eigenvalue weighted by atomic mass is 35.8. The van der Waals surface area contributed by atoms with Gasteiger partial charge in [0.15, 0.2) is 0 Å². The molecule has 0 atom stereocenters. The van der Waals surface area contributed by atoms with Crippen LogP contribution >= 0.6 is 33.2 Å². The van der Waals surface area contributed by atoms with Gasteiger partial charge in [0.2, 0.25) is 0 Å². The molecule has 266 valence electrons. The van der Waals surface area contributed by atoms with E-state index in [0.717, 1.165) is 19.0 Å². The van der Waals surface area contributed by atoms with Crippen molar-refractivity contribution in [2.45, 2.75) is 244 Å². The highest BCUT2D eigenvalue weighted by Crippen LogP contribution is 2.27. The highest BCUT2D eigenvalue weighted by molar-refractivity contribution is 7.64. The molecule has 0 bridgehead atoms. The summed E-state index contributed by atoms with van der Waals surface area (Å²) in [5, 5.41) is 0. The molecule has 2 N–H and O–H groups in total. The second-order valence-electron chi connectivity index (χ2n) is 14.2. The molecule has 0 spiro atoms. The Balaban J connectivity index is 3.05. The van der Waals surface area contributed by atoms with E-state index >= 15 is 0 Å². The molecule has 0 fully saturated rings. The van der Waals surface area contributed by atoms with Gasteiger partial charge in [-0.1, -0.05) is 231 Å². The Hall–Kier alpha value is 1.05. The first-order chi connectivity index (χ1) is 21.6. The maximum absolute atomic E-state index is 5.93. The van der Waals surface area contributed by atoms with Crippen molar-refractivity contribution < 1.29 is 0 Å². The minimum absolute atomic E-state index is 0.829. The summed E-state index contributed by atoms with van der Waals surface area (Å²) < 4.78 is 0. The van der Waals surface area contributed by atoms with Crippen LogP contribution in [0.25, 0.3) is 0 Å². The van der Waals surface area contributed by atoms with Gasteiger partial charge in [-0.25, -0.2) is 0 Å². The van der Waals surface area contributed by atoms with Crippen molar-refractivity contribution in [3.8, 4) is 0 Å². The molecule has 44 heavy (non-hydrogen) atoms. The van der Waals surface area contributed by atoms with Crippen molar-refractivity contribution >= 4 is 39.2 Å². The van der Waals surface area contributed by atoms with Gasteiger partial charge >= 0.3 is 6.00 Å². The van der Waals surface area contributed by atoms with Crippen LogP contribution in [0.15, 0.2) is 0 Å². The maximum Gasteiger partial charge on any atom is 0.341 e. The third-order valence-electron chi connectivity index (χ3n) is 9.66. The molecule has 0 radical (unpaired) electrons. The van der Waals surface area contributed by atoms with Crippen LogP contribution in [0.5, 0.6) is 0 Å². The van der Waals surface area contributed by atoms with E-state index in [1.807, 2.05) is 0 Å². The normalized spacial score (nSPS) is 12.0. The lowest BCUT2D eigenvalue weighted by atomic mass is 10.0. The van der Waals surface area contributed by atoms with E-state index in [1.54, 1.807) is 0 Å². The molecular weight excluding hydrogens is 617 g/mol. The third kappa shape index (κ3) is 43.0. The number of nitrogens with two attached hydrogens (primary N) is 1. The minimum Gasteiger partial charge on any atom is -0.330 e. The van der Waals surface area contributed by atoms with E-state index in [1.165, 1.54) is 231 Å². The molecule has 1 nitrogen and oxygen atoms in total. The molecule has 0 amide bonds. The van der Waals surface area contributed by atoms with Gasteiger partial charge in [-0.2, -0.15) is 0 Å². The molecular formula is C39H80Cl3NSi. The molecule has 0 unspecified atom stereocenters. The van der Waals surface area contributed by atoms with Crippen LogP contribution < -0.4 is 5.73 Å². The van der Waals surface area contributed by atoms with Crippen LogP contribution in [0.1, 0.15) is 238 Å². The largest absolute Gasteiger partial charge is 0.341 e. The average Bonchev–Trinajstić information content (AvgIpc) is 3.00. The summed E-state index contributed by atoms with van der Waals surface area (Å²) in [6.45, 7) is 0.871. The molecule has 0 aromatic heterocycles. The van der Waals surface area contributed by atoms with E-state index in [-0.39, 0.29) is 0 Å². The lowest BCUT2D eigenvalue weighted by Gasteiger charge is -2.07. The van der Waals surface area contributed by atoms with Crippen molar-refractivity contribution in [1.29, 1.82) is 0 Å². The van der Waals surface area contributed by atoms with Crippen molar-refractivity contribution in [3.63, 3.8) is 0 Å². The van der Waals surface area contributed by atoms with E-state index in [2.05, 4.69) is 0 Å². The van der Waals surface area contributed by atoms with Gasteiger partial charge in [-0.15, -0.1) is 33.2 Å². The van der Waals surface area contributed by atoms with E-state index in [9.17, 15) is 0 Å². The van der Waals surface area contributed by atoms with E-state index in [4.69, 9.17) is 39.0 Å². The van der Waals surface area contributed by atoms with Gasteiger partial charge < -0.3 is 5.73 Å². The van der Waals surface area contributed by atoms with Crippen molar-refractivity contribution in [2.75, 3.05) is 6.54 Å². The SMILES string of the molecule is NCCCCCCCCCCCCCCCCCCCCCCCCCCCCCCCCCCCCCCC[Si](Cl)(Cl)Cl. The van der Waals surface area contributed by atoms with Gasteiger partial charge in [-0.3, -0.25) is 0 Å². The minimum atomic E-state index is -2.37. The van der Waals surface area contributed by atoms with Gasteiger partial charge in [0.1, 0.15) is 0 Å². The summed E-state index contributed by atoms with van der Waals surface area (Å²) >= 11 is 17.8. The van der Waals surface area contributed by atoms with Gasteiger partial charge in [0.05, 0.1) is 0 Å². The first kappa shape index (κ1) is 45.0. The predicted octanol–water partition coefficient (Wildman–Crippen LogP) is 16.0. The van der Waals surface area contributed by atoms with E-state index < -0.39 is 6.00 Å². The lowest BCUT2D eigenvalue weighted by molar-refractivity contribution is 0.510. The summed E-state index contributed by atoms with van der Waals surface area (Å²) in [5.41, 5.74) is 5.55. The molecule has 5 heteroatoms. The molecule has 0 aromatic rings. The Bertz CT molecular complexity index is 514. The molecule has 0 saturated carbocycles. The monoisotopic (exact) mass is 696 g/mol. The number of hydrogen-bond donors (Lipinski definition) is 1. The fourth-order valence-electron chi connectivity index (χ4n) is 6.66. The zero-order valence-corrected chi connectivity index (χ0v) is 33.1. The Kier molecular flexibility index (Phi) is 39.4. The Morgan fingerprint density at radius 2 is 0.364 bits per heavy atom. The fraction of sp³-hybridized carbons (Fsp3) is 1.00. The molecule has 0 aliphatic heterocycles. The fourth-order valence-corrected chi connectivity index (χ4v) is 8.51. The summed E-state index contributed by atoms with van der Waals surface area (Å²) in [4.78, 5) is 0. The summed E-state index contributed by atoms with van der Waals surface area (Å²) in [5.74, 6) is 0. The average molecular weight is 698 g/mol. The molecule has 0 aliphatic rings. The van der Waals surface area contributed by atoms with Crippen LogP contribution in [0.3, 0.4) is 0 Å². The van der Waals surface area contributed by atoms with Crippen molar-refractivity contribution in [3.05, 3.63) is 0 Å². The zero-order chi connectivity index (χ0) is 32.1. The molecule has 0 heterocycles. The quantitative estimate of drug-likeness (QED) is 0.0386. The van der Waals surface area contributed by atoms with Gasteiger partial charge in [0, 0.05) is 0 Å². The van der Waals surface area contributed by atoms with Gasteiger partial charge in [-0.05, 0) is 19.0 Å². The van der Waals surface area contributed by atoms with E-state index in [0.29, 0.717) is 0 Å². The smallest absolute Gasteiger partial charge is 0.330 e. The van der Waals surface area contributed by atoms with Crippen LogP contribution in [-0.4, -0.2) is 12.5 Å². The Morgan fingerprint density at radius 3 is 0.500 bits per heavy atom. The second-order valence-corrected chi connectivity index (χ2v) is 23.5. The highest BCUT2D eigenvalue weighted by Gasteiger charge is 2.23. The lowest BCUT2D eigenvalue weighted by Crippen LogP contribution is -2.07. The Morgan fingerprint density at radius 1 is 0.227 bits per heavy atom. The van der Waals surface area contributed by atoms with Crippen LogP contribution in [0, 0.1) is 0 Å². The zero-order valence-electron chi connectivity index (χ0n) is 29.8. The molecule has 0 rings (SSSR count). The number of hydrogen-bond acceptors (Lipinski definition) is 1. The standard InChI is InChI=1S/C39H80Cl3NSi/c40-44(41,42)39-37-35-33-31-29-27-25-23-21-19-17-15-13-11-9-7-5-3-1-2-4-6-8-10-12-14-16-18-20-22-24-26-28-30-32-34-36-38-43/h1-39,43H2. The van der Waals surface area contributed by atoms with Gasteiger partial charge in [0.25, 0.3) is 0 Å². The third-order valence-corrected chi connectivity index (χ3v) is 12.3. The number of rotatable bonds is 39. The summed E-state index contributed by atoms with van der Waals surface area (Å²) in [6.07, 6.45) is 52.8. The maximum atomic E-state index is 5.93. The first-order valence-corrected chi connectivity index (χ1v) is 25.6. The molecule has 0 aromatic carbocycles. The number of halogens is 3. The Labute approximate surface area is 293 Å². The topological polar surface area (TPSA) is 26.0 Å². The number of unbranched alkanes of at least 4 members (excludes halogenated alkanes) is 36. The summed E-state index contributed by atoms with van der Waals surface area (Å²) in [6, 6.07) is -1.54. The molecule has 0 aliphatic carbocycles. The van der Waals surface area contributed by atoms with Crippen molar-refractivity contribution in [1.82, 2.24) is 0 Å². The summed E-state index contributed by atoms with van der Waals surface area (Å²) in [7, 11) is 0. The van der Waals surface area contributed by atoms with Crippen LogP contribution in [-0.2, 0) is 0 Å². The van der Waals surface area contributed by atoms with Crippen molar-refractivity contribution in [2.24, 2.45) is 5.73 Å². The second kappa shape index (κ2) is 38.5. The van der Waals surface area contributed by atoms with Crippen LogP contribution in [0.4, 0.5) is 0 Å². The predicted molar refractivity (Wildman–Crippen MR) is 208 cm³/mol. The van der Waals surface area contributed by atoms with Crippen LogP contribution in [0.2, 0.25) is 6.04 Å².